The van der Waals surface area contributed by atoms with Gasteiger partial charge in [0.2, 0.25) is 6.35 Å². The Labute approximate surface area is 226 Å². The molecule has 4 atom stereocenters. The van der Waals surface area contributed by atoms with E-state index in [1.807, 2.05) is 61.1 Å². The van der Waals surface area contributed by atoms with Crippen LogP contribution in [0.25, 0.3) is 0 Å². The first kappa shape index (κ1) is 27.4. The number of carbonyl (C=O) groups excluding carboxylic acids is 1. The number of nitrogens with zero attached hydrogens (tertiary/aromatic N) is 3. The second-order valence-corrected chi connectivity index (χ2v) is 12.5. The summed E-state index contributed by atoms with van der Waals surface area (Å²) < 4.78 is 11.4. The van der Waals surface area contributed by atoms with E-state index in [9.17, 15) is 9.90 Å². The van der Waals surface area contributed by atoms with Gasteiger partial charge in [-0.2, -0.15) is 0 Å². The van der Waals surface area contributed by atoms with E-state index in [0.29, 0.717) is 6.61 Å². The van der Waals surface area contributed by atoms with E-state index in [4.69, 9.17) is 14.3 Å². The molecule has 38 heavy (non-hydrogen) atoms. The van der Waals surface area contributed by atoms with Crippen LogP contribution in [0, 0.1) is 5.41 Å². The first-order valence-corrected chi connectivity index (χ1v) is 14.0. The van der Waals surface area contributed by atoms with Gasteiger partial charge in [-0.15, -0.1) is 5.06 Å². The van der Waals surface area contributed by atoms with Crippen LogP contribution in [0.15, 0.2) is 42.6 Å². The van der Waals surface area contributed by atoms with Gasteiger partial charge in [0.05, 0.1) is 18.7 Å². The molecular formula is C29H44N4O5. The maximum Gasteiger partial charge on any atom is 0.410 e. The SMILES string of the molecule is C=C1[C@H]2CC[C@@H](C(O)NC3CCC4(CC3)CN(C(=O)OC(C)(C)C)C4)N1C(OC)N2OCc1ccccc1. The van der Waals surface area contributed by atoms with Crippen LogP contribution in [0.4, 0.5) is 4.79 Å². The van der Waals surface area contributed by atoms with E-state index in [1.54, 1.807) is 7.11 Å². The Bertz CT molecular complexity index is 982. The molecule has 3 saturated heterocycles. The molecular weight excluding hydrogens is 484 g/mol. The van der Waals surface area contributed by atoms with Crippen molar-refractivity contribution in [3.05, 3.63) is 48.2 Å². The van der Waals surface area contributed by atoms with Gasteiger partial charge in [-0.1, -0.05) is 36.9 Å². The Morgan fingerprint density at radius 3 is 2.47 bits per heavy atom. The van der Waals surface area contributed by atoms with Gasteiger partial charge in [0.25, 0.3) is 0 Å². The van der Waals surface area contributed by atoms with Crippen LogP contribution in [-0.4, -0.2) is 82.6 Å². The first-order valence-electron chi connectivity index (χ1n) is 14.0. The molecule has 1 spiro atoms. The number of likely N-dealkylation sites (tertiary alicyclic amines) is 1. The molecule has 3 aliphatic heterocycles. The zero-order valence-electron chi connectivity index (χ0n) is 23.3. The normalized spacial score (nSPS) is 28.4. The Morgan fingerprint density at radius 2 is 1.84 bits per heavy atom. The predicted octanol–water partition coefficient (Wildman–Crippen LogP) is 3.80. The lowest BCUT2D eigenvalue weighted by molar-refractivity contribution is -0.275. The minimum atomic E-state index is -0.696. The van der Waals surface area contributed by atoms with Crippen LogP contribution in [-0.2, 0) is 20.9 Å². The Kier molecular flexibility index (Phi) is 7.77. The number of methoxy groups -OCH3 is 1. The summed E-state index contributed by atoms with van der Waals surface area (Å²) in [6.45, 7) is 12.0. The van der Waals surface area contributed by atoms with Gasteiger partial charge in [-0.3, -0.25) is 10.2 Å². The van der Waals surface area contributed by atoms with E-state index >= 15 is 0 Å². The van der Waals surface area contributed by atoms with E-state index in [2.05, 4.69) is 16.8 Å². The third-order valence-corrected chi connectivity index (χ3v) is 8.53. The molecule has 2 N–H and O–H groups in total. The van der Waals surface area contributed by atoms with Crippen LogP contribution >= 0.6 is 0 Å². The number of fused-ring (bicyclic) bond motifs is 2. The van der Waals surface area contributed by atoms with Gasteiger partial charge >= 0.3 is 6.09 Å². The average Bonchev–Trinajstić information content (AvgIpc) is 3.01. The van der Waals surface area contributed by atoms with Gasteiger partial charge < -0.3 is 24.4 Å². The second kappa shape index (κ2) is 10.8. The standard InChI is InChI=1S/C29H44N4O5/c1-20-23-11-12-24(32(20)26(36-5)33(23)37-17-21-9-7-6-8-10-21)25(34)30-22-13-15-29(16-14-22)18-31(19-29)27(35)38-28(2,3)4/h6-10,22-26,30,34H,1,11-19H2,2-5H3/t23-,24+,25?,26?/m1/s1. The average molecular weight is 529 g/mol. The fourth-order valence-electron chi connectivity index (χ4n) is 6.56. The molecule has 1 aliphatic carbocycles. The number of aliphatic hydroxyl groups is 1. The van der Waals surface area contributed by atoms with Crippen molar-refractivity contribution >= 4 is 6.09 Å². The van der Waals surface area contributed by atoms with Gasteiger partial charge in [-0.05, 0) is 64.9 Å². The van der Waals surface area contributed by atoms with Crippen molar-refractivity contribution in [3.8, 4) is 0 Å². The first-order chi connectivity index (χ1) is 18.1. The monoisotopic (exact) mass is 528 g/mol. The van der Waals surface area contributed by atoms with Crippen molar-refractivity contribution < 1.29 is 24.2 Å². The summed E-state index contributed by atoms with van der Waals surface area (Å²) in [5.74, 6) is 0. The number of hydroxylamine groups is 2. The Balaban J connectivity index is 1.12. The number of nitrogens with one attached hydrogen (secondary N) is 1. The highest BCUT2D eigenvalue weighted by atomic mass is 16.7. The van der Waals surface area contributed by atoms with Crippen LogP contribution in [0.1, 0.15) is 64.9 Å². The lowest BCUT2D eigenvalue weighted by atomic mass is 9.67. The zero-order chi connectivity index (χ0) is 27.1. The number of benzene rings is 1. The van der Waals surface area contributed by atoms with E-state index < -0.39 is 18.2 Å². The number of aliphatic hydroxyl groups excluding tert-OH is 1. The lowest BCUT2D eigenvalue weighted by Gasteiger charge is -2.53. The summed E-state index contributed by atoms with van der Waals surface area (Å²) in [4.78, 5) is 22.5. The summed E-state index contributed by atoms with van der Waals surface area (Å²) >= 11 is 0. The molecule has 0 radical (unpaired) electrons. The Hall–Kier alpha value is -2.17. The van der Waals surface area contributed by atoms with Crippen molar-refractivity contribution in [2.45, 2.75) is 102 Å². The molecule has 1 aromatic carbocycles. The predicted molar refractivity (Wildman–Crippen MR) is 143 cm³/mol. The molecule has 1 amide bonds. The maximum absolute atomic E-state index is 12.4. The zero-order valence-corrected chi connectivity index (χ0v) is 23.3. The summed E-state index contributed by atoms with van der Waals surface area (Å²) in [7, 11) is 1.67. The van der Waals surface area contributed by atoms with E-state index in [1.165, 1.54) is 0 Å². The number of ether oxygens (including phenoxy) is 2. The van der Waals surface area contributed by atoms with Gasteiger partial charge in [-0.25, -0.2) is 4.79 Å². The summed E-state index contributed by atoms with van der Waals surface area (Å²) in [6, 6.07) is 10.2. The van der Waals surface area contributed by atoms with E-state index in [0.717, 1.165) is 62.9 Å². The molecule has 1 saturated carbocycles. The van der Waals surface area contributed by atoms with Gasteiger partial charge in [0.1, 0.15) is 11.8 Å². The van der Waals surface area contributed by atoms with Crippen molar-refractivity contribution in [1.29, 1.82) is 0 Å². The van der Waals surface area contributed by atoms with Crippen molar-refractivity contribution in [1.82, 2.24) is 20.2 Å². The molecule has 5 rings (SSSR count). The lowest BCUT2D eigenvalue weighted by Crippen LogP contribution is -2.62. The highest BCUT2D eigenvalue weighted by molar-refractivity contribution is 5.69. The molecule has 3 heterocycles. The van der Waals surface area contributed by atoms with Crippen molar-refractivity contribution in [2.24, 2.45) is 5.41 Å². The minimum Gasteiger partial charge on any atom is -0.444 e. The van der Waals surface area contributed by atoms with Crippen molar-refractivity contribution in [2.75, 3.05) is 20.2 Å². The minimum absolute atomic E-state index is 0.0354. The molecule has 9 nitrogen and oxygen atoms in total. The fraction of sp³-hybridized carbons (Fsp3) is 0.690. The molecule has 0 aromatic heterocycles. The van der Waals surface area contributed by atoms with Crippen molar-refractivity contribution in [3.63, 3.8) is 0 Å². The summed E-state index contributed by atoms with van der Waals surface area (Å²) in [5.41, 5.74) is 1.75. The Morgan fingerprint density at radius 1 is 1.16 bits per heavy atom. The molecule has 4 aliphatic rings. The topological polar surface area (TPSA) is 86.7 Å². The largest absolute Gasteiger partial charge is 0.444 e. The number of carbonyl (C=O) groups is 1. The smallest absolute Gasteiger partial charge is 0.410 e. The highest BCUT2D eigenvalue weighted by Crippen LogP contribution is 2.45. The maximum atomic E-state index is 12.4. The van der Waals surface area contributed by atoms with Gasteiger partial charge in [0, 0.05) is 37.4 Å². The summed E-state index contributed by atoms with van der Waals surface area (Å²) in [5, 5.41) is 16.7. The van der Waals surface area contributed by atoms with E-state index in [-0.39, 0.29) is 29.6 Å². The van der Waals surface area contributed by atoms with Crippen LogP contribution in [0.5, 0.6) is 0 Å². The molecule has 210 valence electrons. The van der Waals surface area contributed by atoms with Crippen LogP contribution < -0.4 is 5.32 Å². The molecule has 4 fully saturated rings. The number of hydrogen-bond donors (Lipinski definition) is 2. The van der Waals surface area contributed by atoms with Crippen LogP contribution in [0.2, 0.25) is 0 Å². The van der Waals surface area contributed by atoms with Crippen LogP contribution in [0.3, 0.4) is 0 Å². The fourth-order valence-corrected chi connectivity index (χ4v) is 6.56. The molecule has 9 heteroatoms. The number of hydrogen-bond acceptors (Lipinski definition) is 8. The number of rotatable bonds is 7. The third kappa shape index (κ3) is 5.58. The molecule has 2 unspecified atom stereocenters. The third-order valence-electron chi connectivity index (χ3n) is 8.53. The second-order valence-electron chi connectivity index (χ2n) is 12.5. The van der Waals surface area contributed by atoms with Gasteiger partial charge in [0.15, 0.2) is 0 Å². The number of amides is 1. The molecule has 2 bridgehead atoms. The quantitative estimate of drug-likeness (QED) is 0.517. The highest BCUT2D eigenvalue weighted by Gasteiger charge is 2.52. The summed E-state index contributed by atoms with van der Waals surface area (Å²) in [6.07, 6.45) is 4.39. The molecule has 1 aromatic rings. The number of piperidine rings is 1.